The van der Waals surface area contributed by atoms with Gasteiger partial charge in [-0.3, -0.25) is 4.79 Å². The number of hydrogen-bond acceptors (Lipinski definition) is 4. The van der Waals surface area contributed by atoms with Crippen LogP contribution in [0.1, 0.15) is 41.0 Å². The first-order chi connectivity index (χ1) is 10.9. The third-order valence-electron chi connectivity index (χ3n) is 3.63. The van der Waals surface area contributed by atoms with E-state index in [9.17, 15) is 9.59 Å². The summed E-state index contributed by atoms with van der Waals surface area (Å²) in [5, 5.41) is 1.08. The highest BCUT2D eigenvalue weighted by molar-refractivity contribution is 6.84. The molecule has 0 aliphatic heterocycles. The lowest BCUT2D eigenvalue weighted by molar-refractivity contribution is -0.139. The predicted molar refractivity (Wildman–Crippen MR) is 100 cm³/mol. The van der Waals surface area contributed by atoms with E-state index in [1.54, 1.807) is 4.90 Å². The molecule has 0 N–H and O–H groups in total. The molecule has 0 aliphatic rings. The van der Waals surface area contributed by atoms with Gasteiger partial charge in [0.25, 0.3) is 0 Å². The molecule has 0 saturated carbocycles. The van der Waals surface area contributed by atoms with Gasteiger partial charge in [0.05, 0.1) is 21.6 Å². The second kappa shape index (κ2) is 9.66. The highest BCUT2D eigenvalue weighted by Gasteiger charge is 2.26. The Balaban J connectivity index is 5.55. The van der Waals surface area contributed by atoms with Crippen LogP contribution in [-0.2, 0) is 14.3 Å². The molecule has 24 heavy (non-hydrogen) atoms. The molecule has 0 rings (SSSR count). The molecule has 0 aromatic carbocycles. The quantitative estimate of drug-likeness (QED) is 0.292. The summed E-state index contributed by atoms with van der Waals surface area (Å²) >= 11 is 0. The number of hydrogen-bond donors (Lipinski definition) is 0. The first-order valence-corrected chi connectivity index (χ1v) is 11.9. The van der Waals surface area contributed by atoms with E-state index in [0.29, 0.717) is 5.57 Å². The van der Waals surface area contributed by atoms with Crippen LogP contribution >= 0.6 is 0 Å². The van der Waals surface area contributed by atoms with Crippen molar-refractivity contribution in [3.8, 4) is 0 Å². The van der Waals surface area contributed by atoms with Crippen molar-refractivity contribution in [2.45, 2.75) is 72.8 Å². The molecule has 0 aromatic heterocycles. The minimum atomic E-state index is -1.69. The third kappa shape index (κ3) is 6.91. The predicted octanol–water partition coefficient (Wildman–Crippen LogP) is 4.51. The molecule has 138 valence electrons. The largest absolute Gasteiger partial charge is 0.469 e. The fraction of sp³-hybridized carbons (Fsp3) is 0.667. The summed E-state index contributed by atoms with van der Waals surface area (Å²) < 4.78 is 10.2. The third-order valence-corrected chi connectivity index (χ3v) is 5.86. The van der Waals surface area contributed by atoms with Gasteiger partial charge >= 0.3 is 12.1 Å². The molecule has 0 radical (unpaired) electrons. The maximum atomic E-state index is 12.4. The van der Waals surface area contributed by atoms with Gasteiger partial charge in [-0.15, -0.1) is 0 Å². The summed E-state index contributed by atoms with van der Waals surface area (Å²) in [5.74, 6) is -0.348. The van der Waals surface area contributed by atoms with Crippen LogP contribution in [0.3, 0.4) is 0 Å². The summed E-state index contributed by atoms with van der Waals surface area (Å²) in [6.07, 6.45) is 3.10. The van der Waals surface area contributed by atoms with Crippen LogP contribution in [0.4, 0.5) is 4.79 Å². The maximum absolute atomic E-state index is 12.4. The molecule has 0 aromatic rings. The lowest BCUT2D eigenvalue weighted by Gasteiger charge is -2.29. The number of carbonyl (C=O) groups is 2. The van der Waals surface area contributed by atoms with E-state index in [1.165, 1.54) is 13.4 Å². The van der Waals surface area contributed by atoms with Crippen molar-refractivity contribution < 1.29 is 19.1 Å². The van der Waals surface area contributed by atoms with Crippen LogP contribution in [0.15, 0.2) is 23.1 Å². The number of ether oxygens (including phenoxy) is 2. The minimum absolute atomic E-state index is 0.0353. The van der Waals surface area contributed by atoms with Crippen LogP contribution in [0, 0.1) is 0 Å². The Morgan fingerprint density at radius 2 is 1.58 bits per heavy atom. The average Bonchev–Trinajstić information content (AvgIpc) is 2.42. The zero-order chi connectivity index (χ0) is 19.1. The SMILES string of the molecule is C/C=C(\C(=C/OC(=O)N(C(C)C)C(C)C)CC(=O)OC)[Si](C)(C)C. The first-order valence-electron chi connectivity index (χ1n) is 8.37. The summed E-state index contributed by atoms with van der Waals surface area (Å²) in [6.45, 7) is 16.3. The van der Waals surface area contributed by atoms with Gasteiger partial charge in [-0.2, -0.15) is 0 Å². The maximum Gasteiger partial charge on any atom is 0.415 e. The fourth-order valence-electron chi connectivity index (χ4n) is 2.73. The van der Waals surface area contributed by atoms with Gasteiger partial charge < -0.3 is 14.4 Å². The summed E-state index contributed by atoms with van der Waals surface area (Å²) in [4.78, 5) is 25.8. The van der Waals surface area contributed by atoms with Crippen LogP contribution in [0.5, 0.6) is 0 Å². The Bertz CT molecular complexity index is 494. The number of rotatable bonds is 7. The van der Waals surface area contributed by atoms with Gasteiger partial charge in [0.15, 0.2) is 0 Å². The Hall–Kier alpha value is -1.56. The zero-order valence-electron chi connectivity index (χ0n) is 16.6. The van der Waals surface area contributed by atoms with E-state index < -0.39 is 14.2 Å². The number of methoxy groups -OCH3 is 1. The van der Waals surface area contributed by atoms with Gasteiger partial charge in [0, 0.05) is 12.1 Å². The van der Waals surface area contributed by atoms with E-state index in [1.807, 2.05) is 40.7 Å². The number of nitrogens with zero attached hydrogens (tertiary/aromatic N) is 1. The average molecular weight is 356 g/mol. The molecule has 1 amide bonds. The van der Waals surface area contributed by atoms with Crippen molar-refractivity contribution >= 4 is 20.1 Å². The molecule has 0 fully saturated rings. The number of carbonyl (C=O) groups excluding carboxylic acids is 2. The standard InChI is InChI=1S/C18H33NO4Si/c1-10-16(24(7,8)9)15(11-17(20)22-6)12-23-18(21)19(13(2)3)14(4)5/h10,12-14H,11H2,1-9H3/b15-12-,16-10+. The van der Waals surface area contributed by atoms with Gasteiger partial charge in [-0.1, -0.05) is 30.9 Å². The molecule has 0 atom stereocenters. The second-order valence-electron chi connectivity index (χ2n) is 7.33. The molecular weight excluding hydrogens is 322 g/mol. The minimum Gasteiger partial charge on any atom is -0.469 e. The van der Waals surface area contributed by atoms with Crippen molar-refractivity contribution in [1.29, 1.82) is 0 Å². The van der Waals surface area contributed by atoms with Crippen molar-refractivity contribution in [3.05, 3.63) is 23.1 Å². The highest BCUT2D eigenvalue weighted by Crippen LogP contribution is 2.26. The molecule has 0 bridgehead atoms. The zero-order valence-corrected chi connectivity index (χ0v) is 17.6. The lowest BCUT2D eigenvalue weighted by atomic mass is 10.2. The van der Waals surface area contributed by atoms with Crippen molar-refractivity contribution in [1.82, 2.24) is 4.90 Å². The van der Waals surface area contributed by atoms with E-state index in [2.05, 4.69) is 19.6 Å². The molecule has 0 saturated heterocycles. The van der Waals surface area contributed by atoms with E-state index in [4.69, 9.17) is 9.47 Å². The Morgan fingerprint density at radius 1 is 1.08 bits per heavy atom. The van der Waals surface area contributed by atoms with Gasteiger partial charge in [-0.25, -0.2) is 4.79 Å². The van der Waals surface area contributed by atoms with Gasteiger partial charge in [-0.05, 0) is 40.2 Å². The van der Waals surface area contributed by atoms with Gasteiger partial charge in [0.2, 0.25) is 0 Å². The molecule has 0 spiro atoms. The molecule has 5 nitrogen and oxygen atoms in total. The van der Waals surface area contributed by atoms with Gasteiger partial charge in [0.1, 0.15) is 6.26 Å². The molecule has 0 unspecified atom stereocenters. The Labute approximate surface area is 147 Å². The highest BCUT2D eigenvalue weighted by atomic mass is 28.3. The van der Waals surface area contributed by atoms with Crippen molar-refractivity contribution in [2.24, 2.45) is 0 Å². The van der Waals surface area contributed by atoms with Crippen LogP contribution < -0.4 is 0 Å². The summed E-state index contributed by atoms with van der Waals surface area (Å²) in [5.41, 5.74) is 0.712. The van der Waals surface area contributed by atoms with Crippen molar-refractivity contribution in [2.75, 3.05) is 7.11 Å². The Morgan fingerprint density at radius 3 is 1.92 bits per heavy atom. The Kier molecular flexibility index (Phi) is 9.04. The van der Waals surface area contributed by atoms with Crippen LogP contribution in [0.25, 0.3) is 0 Å². The van der Waals surface area contributed by atoms with E-state index in [0.717, 1.165) is 5.20 Å². The summed E-state index contributed by atoms with van der Waals surface area (Å²) in [7, 11) is -0.336. The number of amides is 1. The first kappa shape index (κ1) is 22.4. The molecule has 0 aliphatic carbocycles. The fourth-order valence-corrected chi connectivity index (χ4v) is 4.71. The van der Waals surface area contributed by atoms with E-state index >= 15 is 0 Å². The summed E-state index contributed by atoms with van der Waals surface area (Å²) in [6, 6.07) is 0.0706. The number of esters is 1. The normalized spacial score (nSPS) is 13.3. The number of allylic oxidation sites excluding steroid dienone is 2. The topological polar surface area (TPSA) is 55.8 Å². The second-order valence-corrected chi connectivity index (χ2v) is 12.4. The van der Waals surface area contributed by atoms with Crippen LogP contribution in [-0.4, -0.2) is 44.2 Å². The smallest absolute Gasteiger partial charge is 0.415 e. The lowest BCUT2D eigenvalue weighted by Crippen LogP contribution is -2.41. The molecule has 0 heterocycles. The van der Waals surface area contributed by atoms with Crippen molar-refractivity contribution in [3.63, 3.8) is 0 Å². The monoisotopic (exact) mass is 355 g/mol. The van der Waals surface area contributed by atoms with Crippen LogP contribution in [0.2, 0.25) is 19.6 Å². The van der Waals surface area contributed by atoms with E-state index in [-0.39, 0.29) is 24.5 Å². The molecular formula is C18H33NO4Si. The molecule has 6 heteroatoms.